The second-order valence-corrected chi connectivity index (χ2v) is 4.86. The lowest BCUT2D eigenvalue weighted by molar-refractivity contribution is 0.623. The van der Waals surface area contributed by atoms with Gasteiger partial charge in [-0.15, -0.1) is 0 Å². The molecule has 0 unspecified atom stereocenters. The first-order valence-electron chi connectivity index (χ1n) is 6.26. The minimum absolute atomic E-state index is 0.183. The number of hydrogen-bond donors (Lipinski definition) is 2. The van der Waals surface area contributed by atoms with E-state index in [9.17, 15) is 4.39 Å². The van der Waals surface area contributed by atoms with Crippen LogP contribution >= 0.6 is 11.6 Å². The highest BCUT2D eigenvalue weighted by atomic mass is 35.5. The minimum Gasteiger partial charge on any atom is -0.398 e. The summed E-state index contributed by atoms with van der Waals surface area (Å²) in [6.07, 6.45) is 2.96. The van der Waals surface area contributed by atoms with E-state index in [1.807, 2.05) is 0 Å². The van der Waals surface area contributed by atoms with Crippen molar-refractivity contribution in [1.29, 1.82) is 5.41 Å². The average molecular weight is 301 g/mol. The predicted octanol–water partition coefficient (Wildman–Crippen LogP) is 4.49. The summed E-state index contributed by atoms with van der Waals surface area (Å²) >= 11 is 5.81. The molecule has 0 aliphatic rings. The van der Waals surface area contributed by atoms with Gasteiger partial charge in [-0.2, -0.15) is 0 Å². The van der Waals surface area contributed by atoms with E-state index < -0.39 is 5.82 Å². The zero-order chi connectivity index (χ0) is 15.4. The van der Waals surface area contributed by atoms with Crippen molar-refractivity contribution in [2.24, 2.45) is 5.73 Å². The highest BCUT2D eigenvalue weighted by Crippen LogP contribution is 2.21. The number of halogens is 2. The van der Waals surface area contributed by atoms with Gasteiger partial charge in [-0.1, -0.05) is 48.5 Å². The van der Waals surface area contributed by atoms with Crippen LogP contribution in [0.2, 0.25) is 5.02 Å². The molecular weight excluding hydrogens is 287 g/mol. The van der Waals surface area contributed by atoms with Crippen LogP contribution in [0.5, 0.6) is 0 Å². The van der Waals surface area contributed by atoms with Gasteiger partial charge in [0.25, 0.3) is 0 Å². The zero-order valence-electron chi connectivity index (χ0n) is 11.2. The normalized spacial score (nSPS) is 11.2. The molecular formula is C17H14ClFN2. The first kappa shape index (κ1) is 15.0. The lowest BCUT2D eigenvalue weighted by Crippen LogP contribution is -2.06. The minimum atomic E-state index is -0.440. The van der Waals surface area contributed by atoms with E-state index in [1.54, 1.807) is 36.4 Å². The molecule has 4 heteroatoms. The first-order valence-corrected chi connectivity index (χ1v) is 6.63. The lowest BCUT2D eigenvalue weighted by atomic mass is 10.0. The Kier molecular flexibility index (Phi) is 4.55. The SMILES string of the molecule is C=Cc1cccc(F)c1C(N)=CC(=N)c1ccc(Cl)cc1. The van der Waals surface area contributed by atoms with Gasteiger partial charge >= 0.3 is 0 Å². The Morgan fingerprint density at radius 3 is 2.48 bits per heavy atom. The second kappa shape index (κ2) is 6.37. The van der Waals surface area contributed by atoms with E-state index in [4.69, 9.17) is 22.7 Å². The molecule has 2 nitrogen and oxygen atoms in total. The smallest absolute Gasteiger partial charge is 0.133 e. The van der Waals surface area contributed by atoms with Crippen molar-refractivity contribution in [1.82, 2.24) is 0 Å². The van der Waals surface area contributed by atoms with Crippen molar-refractivity contribution in [3.05, 3.63) is 82.6 Å². The molecule has 0 aromatic heterocycles. The summed E-state index contributed by atoms with van der Waals surface area (Å²) in [6.45, 7) is 3.64. The highest BCUT2D eigenvalue weighted by molar-refractivity contribution is 6.30. The van der Waals surface area contributed by atoms with E-state index in [0.717, 1.165) is 0 Å². The van der Waals surface area contributed by atoms with E-state index >= 15 is 0 Å². The molecule has 2 aromatic rings. The quantitative estimate of drug-likeness (QED) is 0.803. The summed E-state index contributed by atoms with van der Waals surface area (Å²) in [6, 6.07) is 11.4. The Hall–Kier alpha value is -2.39. The van der Waals surface area contributed by atoms with Crippen LogP contribution in [0.25, 0.3) is 11.8 Å². The molecule has 0 spiro atoms. The number of nitrogens with two attached hydrogens (primary N) is 1. The summed E-state index contributed by atoms with van der Waals surface area (Å²) in [5.41, 5.74) is 7.81. The molecule has 21 heavy (non-hydrogen) atoms. The second-order valence-electron chi connectivity index (χ2n) is 4.43. The van der Waals surface area contributed by atoms with E-state index in [2.05, 4.69) is 6.58 Å². The van der Waals surface area contributed by atoms with Crippen molar-refractivity contribution in [2.75, 3.05) is 0 Å². The van der Waals surface area contributed by atoms with Gasteiger partial charge in [0.1, 0.15) is 5.82 Å². The molecule has 0 saturated heterocycles. The molecule has 0 fully saturated rings. The Bertz CT molecular complexity index is 718. The van der Waals surface area contributed by atoms with Gasteiger partial charge in [-0.3, -0.25) is 0 Å². The number of hydrogen-bond acceptors (Lipinski definition) is 2. The summed E-state index contributed by atoms with van der Waals surface area (Å²) in [7, 11) is 0. The van der Waals surface area contributed by atoms with Crippen LogP contribution in [0.15, 0.2) is 55.1 Å². The maximum Gasteiger partial charge on any atom is 0.133 e. The number of nitrogens with one attached hydrogen (secondary N) is 1. The van der Waals surface area contributed by atoms with Crippen LogP contribution < -0.4 is 5.73 Å². The zero-order valence-corrected chi connectivity index (χ0v) is 12.0. The lowest BCUT2D eigenvalue weighted by Gasteiger charge is -2.08. The molecule has 0 saturated carbocycles. The van der Waals surface area contributed by atoms with E-state index in [-0.39, 0.29) is 17.0 Å². The molecule has 0 heterocycles. The summed E-state index contributed by atoms with van der Waals surface area (Å²) in [5, 5.41) is 8.62. The Labute approximate surface area is 127 Å². The van der Waals surface area contributed by atoms with E-state index in [0.29, 0.717) is 16.1 Å². The largest absolute Gasteiger partial charge is 0.398 e. The number of allylic oxidation sites excluding steroid dienone is 1. The van der Waals surface area contributed by atoms with Crippen LogP contribution in [0.3, 0.4) is 0 Å². The summed E-state index contributed by atoms with van der Waals surface area (Å²) in [5.74, 6) is -0.440. The van der Waals surface area contributed by atoms with Crippen molar-refractivity contribution in [2.45, 2.75) is 0 Å². The van der Waals surface area contributed by atoms with Gasteiger partial charge in [-0.25, -0.2) is 4.39 Å². The van der Waals surface area contributed by atoms with Gasteiger partial charge < -0.3 is 11.1 Å². The molecule has 0 amide bonds. The summed E-state index contributed by atoms with van der Waals surface area (Å²) < 4.78 is 13.9. The van der Waals surface area contributed by atoms with Crippen molar-refractivity contribution in [3.63, 3.8) is 0 Å². The number of benzene rings is 2. The van der Waals surface area contributed by atoms with Gasteiger partial charge in [0, 0.05) is 16.3 Å². The van der Waals surface area contributed by atoms with Gasteiger partial charge in [-0.05, 0) is 35.4 Å². The van der Waals surface area contributed by atoms with Crippen LogP contribution in [-0.2, 0) is 0 Å². The molecule has 3 N–H and O–H groups in total. The van der Waals surface area contributed by atoms with Gasteiger partial charge in [0.2, 0.25) is 0 Å². The summed E-state index contributed by atoms with van der Waals surface area (Å²) in [4.78, 5) is 0. The standard InChI is InChI=1S/C17H14ClFN2/c1-2-11-4-3-5-14(19)17(11)16(21)10-15(20)12-6-8-13(18)9-7-12/h2-10,20H,1,21H2. The molecule has 0 aliphatic carbocycles. The van der Waals surface area contributed by atoms with Crippen LogP contribution in [0.1, 0.15) is 16.7 Å². The molecule has 0 radical (unpaired) electrons. The predicted molar refractivity (Wildman–Crippen MR) is 86.9 cm³/mol. The van der Waals surface area contributed by atoms with Crippen LogP contribution in [0, 0.1) is 11.2 Å². The molecule has 2 aromatic carbocycles. The van der Waals surface area contributed by atoms with E-state index in [1.165, 1.54) is 18.2 Å². The maximum absolute atomic E-state index is 13.9. The fraction of sp³-hybridized carbons (Fsp3) is 0. The van der Waals surface area contributed by atoms with Crippen molar-refractivity contribution in [3.8, 4) is 0 Å². The number of rotatable bonds is 4. The third kappa shape index (κ3) is 3.38. The van der Waals surface area contributed by atoms with Gasteiger partial charge in [0.15, 0.2) is 0 Å². The Morgan fingerprint density at radius 1 is 1.19 bits per heavy atom. The Morgan fingerprint density at radius 2 is 1.86 bits per heavy atom. The third-order valence-electron chi connectivity index (χ3n) is 3.01. The average Bonchev–Trinajstić information content (AvgIpc) is 2.47. The Balaban J connectivity index is 2.39. The third-order valence-corrected chi connectivity index (χ3v) is 3.26. The fourth-order valence-corrected chi connectivity index (χ4v) is 2.08. The van der Waals surface area contributed by atoms with Crippen molar-refractivity contribution >= 4 is 29.1 Å². The fourth-order valence-electron chi connectivity index (χ4n) is 1.96. The topological polar surface area (TPSA) is 49.9 Å². The first-order chi connectivity index (χ1) is 10.0. The van der Waals surface area contributed by atoms with Crippen LogP contribution in [-0.4, -0.2) is 5.71 Å². The molecule has 0 atom stereocenters. The molecule has 0 bridgehead atoms. The maximum atomic E-state index is 13.9. The van der Waals surface area contributed by atoms with Gasteiger partial charge in [0.05, 0.1) is 5.71 Å². The highest BCUT2D eigenvalue weighted by Gasteiger charge is 2.10. The molecule has 2 rings (SSSR count). The monoisotopic (exact) mass is 300 g/mol. The molecule has 0 aliphatic heterocycles. The molecule has 106 valence electrons. The van der Waals surface area contributed by atoms with Crippen LogP contribution in [0.4, 0.5) is 4.39 Å². The van der Waals surface area contributed by atoms with Crippen molar-refractivity contribution < 1.29 is 4.39 Å².